The van der Waals surface area contributed by atoms with Gasteiger partial charge in [0.15, 0.2) is 5.78 Å². The molecule has 1 N–H and O–H groups in total. The van der Waals surface area contributed by atoms with Gasteiger partial charge in [0.2, 0.25) is 0 Å². The molecule has 0 bridgehead atoms. The lowest BCUT2D eigenvalue weighted by atomic mass is 9.80. The van der Waals surface area contributed by atoms with Crippen LogP contribution in [-0.2, 0) is 9.53 Å². The van der Waals surface area contributed by atoms with Crippen molar-refractivity contribution in [3.63, 3.8) is 0 Å². The van der Waals surface area contributed by atoms with Gasteiger partial charge in [-0.15, -0.1) is 0 Å². The second kappa shape index (κ2) is 7.12. The molecule has 142 valence electrons. The quantitative estimate of drug-likeness (QED) is 0.708. The van der Waals surface area contributed by atoms with Crippen LogP contribution in [0.5, 0.6) is 0 Å². The molecule has 1 aliphatic heterocycles. The number of halogens is 2. The molecule has 0 radical (unpaired) electrons. The van der Waals surface area contributed by atoms with Crippen molar-refractivity contribution in [1.82, 2.24) is 5.32 Å². The Balaban J connectivity index is 1.96. The summed E-state index contributed by atoms with van der Waals surface area (Å²) in [6.07, 6.45) is 0. The van der Waals surface area contributed by atoms with Crippen LogP contribution in [0.15, 0.2) is 59.3 Å². The van der Waals surface area contributed by atoms with Gasteiger partial charge in [0.1, 0.15) is 0 Å². The van der Waals surface area contributed by atoms with Gasteiger partial charge in [-0.05, 0) is 31.5 Å². The Labute approximate surface area is 172 Å². The van der Waals surface area contributed by atoms with E-state index in [0.29, 0.717) is 43.7 Å². The zero-order valence-corrected chi connectivity index (χ0v) is 16.8. The minimum atomic E-state index is -0.639. The molecule has 0 saturated carbocycles. The minimum absolute atomic E-state index is 0.122. The lowest BCUT2D eigenvalue weighted by Crippen LogP contribution is -2.29. The van der Waals surface area contributed by atoms with E-state index < -0.39 is 11.9 Å². The second-order valence-electron chi connectivity index (χ2n) is 6.65. The van der Waals surface area contributed by atoms with E-state index in [2.05, 4.69) is 5.32 Å². The van der Waals surface area contributed by atoms with Crippen molar-refractivity contribution in [3.05, 3.63) is 86.0 Å². The fourth-order valence-corrected chi connectivity index (χ4v) is 4.37. The number of esters is 1. The van der Waals surface area contributed by atoms with Gasteiger partial charge in [0, 0.05) is 32.4 Å². The molecule has 6 heteroatoms. The molecule has 28 heavy (non-hydrogen) atoms. The molecule has 2 aromatic rings. The molecule has 0 aromatic heterocycles. The number of carbonyl (C=O) groups excluding carboxylic acids is 2. The minimum Gasteiger partial charge on any atom is -0.463 e. The Morgan fingerprint density at radius 3 is 2.54 bits per heavy atom. The summed E-state index contributed by atoms with van der Waals surface area (Å²) in [7, 11) is 0. The van der Waals surface area contributed by atoms with Gasteiger partial charge >= 0.3 is 5.97 Å². The average molecular weight is 414 g/mol. The van der Waals surface area contributed by atoms with Crippen LogP contribution < -0.4 is 5.32 Å². The van der Waals surface area contributed by atoms with Crippen LogP contribution in [0, 0.1) is 0 Å². The topological polar surface area (TPSA) is 55.4 Å². The number of hydrogen-bond acceptors (Lipinski definition) is 4. The Hall–Kier alpha value is -2.56. The lowest BCUT2D eigenvalue weighted by Gasteiger charge is -2.29. The van der Waals surface area contributed by atoms with E-state index >= 15 is 0 Å². The fourth-order valence-electron chi connectivity index (χ4n) is 3.86. The highest BCUT2D eigenvalue weighted by atomic mass is 35.5. The summed E-state index contributed by atoms with van der Waals surface area (Å²) in [4.78, 5) is 26.1. The highest BCUT2D eigenvalue weighted by molar-refractivity contribution is 6.35. The second-order valence-corrected chi connectivity index (χ2v) is 7.49. The van der Waals surface area contributed by atoms with Crippen LogP contribution >= 0.6 is 23.2 Å². The number of hydrogen-bond donors (Lipinski definition) is 1. The van der Waals surface area contributed by atoms with E-state index in [1.807, 2.05) is 18.2 Å². The van der Waals surface area contributed by atoms with Crippen molar-refractivity contribution in [2.45, 2.75) is 19.8 Å². The monoisotopic (exact) mass is 413 g/mol. The maximum Gasteiger partial charge on any atom is 0.336 e. The predicted molar refractivity (Wildman–Crippen MR) is 109 cm³/mol. The average Bonchev–Trinajstić information content (AvgIpc) is 2.94. The number of benzene rings is 2. The molecular weight excluding hydrogens is 397 g/mol. The molecule has 4 nitrogen and oxygen atoms in total. The largest absolute Gasteiger partial charge is 0.463 e. The molecule has 1 heterocycles. The van der Waals surface area contributed by atoms with Gasteiger partial charge < -0.3 is 10.1 Å². The first kappa shape index (κ1) is 18.8. The zero-order chi connectivity index (χ0) is 20.0. The zero-order valence-electron chi connectivity index (χ0n) is 15.3. The van der Waals surface area contributed by atoms with E-state index in [1.165, 1.54) is 0 Å². The summed E-state index contributed by atoms with van der Waals surface area (Å²) >= 11 is 12.6. The normalized spacial score (nSPS) is 18.0. The van der Waals surface area contributed by atoms with Crippen molar-refractivity contribution >= 4 is 40.7 Å². The summed E-state index contributed by atoms with van der Waals surface area (Å²) in [5.74, 6) is -1.23. The van der Waals surface area contributed by atoms with Gasteiger partial charge in [0.05, 0.1) is 23.8 Å². The van der Waals surface area contributed by atoms with Gasteiger partial charge in [0.25, 0.3) is 0 Å². The van der Waals surface area contributed by atoms with Gasteiger partial charge in [-0.1, -0.05) is 53.5 Å². The van der Waals surface area contributed by atoms with Crippen molar-refractivity contribution in [2.24, 2.45) is 0 Å². The molecule has 2 aliphatic rings. The van der Waals surface area contributed by atoms with Crippen LogP contribution in [0.1, 0.15) is 41.3 Å². The number of dihydropyridines is 1. The molecule has 1 aliphatic carbocycles. The maximum atomic E-state index is 13.3. The number of fused-ring (bicyclic) bond motifs is 2. The van der Waals surface area contributed by atoms with Crippen LogP contribution in [0.2, 0.25) is 10.0 Å². The first-order valence-corrected chi connectivity index (χ1v) is 9.67. The first-order chi connectivity index (χ1) is 13.4. The summed E-state index contributed by atoms with van der Waals surface area (Å²) in [5.41, 5.74) is 4.29. The van der Waals surface area contributed by atoms with E-state index in [0.717, 1.165) is 5.56 Å². The number of carbonyl (C=O) groups is 2. The van der Waals surface area contributed by atoms with Crippen molar-refractivity contribution in [2.75, 3.05) is 6.61 Å². The number of ether oxygens (including phenoxy) is 1. The molecule has 0 spiro atoms. The predicted octanol–water partition coefficient (Wildman–Crippen LogP) is 5.12. The Morgan fingerprint density at radius 2 is 1.86 bits per heavy atom. The summed E-state index contributed by atoms with van der Waals surface area (Å²) in [5, 5.41) is 4.13. The number of allylic oxidation sites excluding steroid dienone is 2. The molecular formula is C22H17Cl2NO3. The summed E-state index contributed by atoms with van der Waals surface area (Å²) < 4.78 is 5.29. The van der Waals surface area contributed by atoms with Crippen molar-refractivity contribution < 1.29 is 14.3 Å². The third kappa shape index (κ3) is 2.84. The van der Waals surface area contributed by atoms with Crippen molar-refractivity contribution in [1.29, 1.82) is 0 Å². The van der Waals surface area contributed by atoms with Crippen LogP contribution in [-0.4, -0.2) is 18.4 Å². The number of nitrogens with one attached hydrogen (secondary N) is 1. The molecule has 0 saturated heterocycles. The van der Waals surface area contributed by atoms with E-state index in [-0.39, 0.29) is 12.4 Å². The Bertz CT molecular complexity index is 1080. The Kier molecular flexibility index (Phi) is 4.77. The molecule has 4 rings (SSSR count). The maximum absolute atomic E-state index is 13.3. The highest BCUT2D eigenvalue weighted by Crippen LogP contribution is 2.48. The number of ketones is 1. The highest BCUT2D eigenvalue weighted by Gasteiger charge is 2.43. The third-order valence-corrected chi connectivity index (χ3v) is 5.58. The van der Waals surface area contributed by atoms with E-state index in [4.69, 9.17) is 27.9 Å². The summed E-state index contributed by atoms with van der Waals surface area (Å²) in [6.45, 7) is 3.78. The Morgan fingerprint density at radius 1 is 1.14 bits per heavy atom. The molecule has 2 aromatic carbocycles. The molecule has 1 atom stereocenters. The van der Waals surface area contributed by atoms with Gasteiger partial charge in [-0.3, -0.25) is 4.79 Å². The SMILES string of the molecule is CCOC(=O)C1=C(C)NC2=C(C(=O)c3ccccc32)[C@@H]1c1ccc(Cl)cc1Cl. The standard InChI is InChI=1S/C22H17Cl2NO3/c1-3-28-22(27)17-11(2)25-20-13-6-4-5-7-14(13)21(26)19(20)18(17)15-9-8-12(23)10-16(15)24/h4-10,18,25H,3H2,1-2H3/t18-/m1/s1. The smallest absolute Gasteiger partial charge is 0.336 e. The first-order valence-electron chi connectivity index (χ1n) is 8.92. The van der Waals surface area contributed by atoms with Crippen LogP contribution in [0.25, 0.3) is 5.70 Å². The van der Waals surface area contributed by atoms with Crippen molar-refractivity contribution in [3.8, 4) is 0 Å². The molecule has 0 fully saturated rings. The fraction of sp³-hybridized carbons (Fsp3) is 0.182. The summed E-state index contributed by atoms with van der Waals surface area (Å²) in [6, 6.07) is 12.5. The van der Waals surface area contributed by atoms with Gasteiger partial charge in [-0.2, -0.15) is 0 Å². The molecule has 0 unspecified atom stereocenters. The van der Waals surface area contributed by atoms with Crippen LogP contribution in [0.3, 0.4) is 0 Å². The molecule has 0 amide bonds. The van der Waals surface area contributed by atoms with Crippen LogP contribution in [0.4, 0.5) is 0 Å². The lowest BCUT2D eigenvalue weighted by molar-refractivity contribution is -0.138. The van der Waals surface area contributed by atoms with E-state index in [9.17, 15) is 9.59 Å². The number of rotatable bonds is 3. The number of Topliss-reactive ketones (excluding diaryl/α,β-unsaturated/α-hetero) is 1. The van der Waals surface area contributed by atoms with E-state index in [1.54, 1.807) is 38.1 Å². The van der Waals surface area contributed by atoms with Gasteiger partial charge in [-0.25, -0.2) is 4.79 Å². The third-order valence-electron chi connectivity index (χ3n) is 5.02.